The molecule has 1 saturated heterocycles. The van der Waals surface area contributed by atoms with Gasteiger partial charge >= 0.3 is 0 Å². The number of rotatable bonds is 9. The van der Waals surface area contributed by atoms with E-state index in [0.717, 1.165) is 11.3 Å². The molecule has 33 heavy (non-hydrogen) atoms. The average Bonchev–Trinajstić information content (AvgIpc) is 3.46. The van der Waals surface area contributed by atoms with E-state index in [1.807, 2.05) is 13.8 Å². The van der Waals surface area contributed by atoms with Crippen molar-refractivity contribution in [3.63, 3.8) is 0 Å². The van der Waals surface area contributed by atoms with Gasteiger partial charge in [0.25, 0.3) is 5.91 Å². The highest BCUT2D eigenvalue weighted by atomic mass is 32.2. The monoisotopic (exact) mass is 496 g/mol. The molecular formula is C21H28N4O6S2. The number of amides is 3. The Labute approximate surface area is 196 Å². The highest BCUT2D eigenvalue weighted by Gasteiger charge is 2.39. The number of thiophene rings is 1. The Balaban J connectivity index is 1.81. The molecule has 0 bridgehead atoms. The molecule has 0 radical (unpaired) electrons. The summed E-state index contributed by atoms with van der Waals surface area (Å²) in [5.41, 5.74) is 5.46. The van der Waals surface area contributed by atoms with Gasteiger partial charge in [-0.1, -0.05) is 19.9 Å². The van der Waals surface area contributed by atoms with Gasteiger partial charge in [-0.15, -0.1) is 11.3 Å². The number of nitrogens with two attached hydrogens (primary N) is 1. The fourth-order valence-electron chi connectivity index (χ4n) is 3.79. The summed E-state index contributed by atoms with van der Waals surface area (Å²) in [5.74, 6) is -1.57. The van der Waals surface area contributed by atoms with Crippen LogP contribution in [-0.4, -0.2) is 55.7 Å². The number of primary amides is 1. The van der Waals surface area contributed by atoms with Gasteiger partial charge in [0.1, 0.15) is 16.3 Å². The molecule has 12 heteroatoms. The summed E-state index contributed by atoms with van der Waals surface area (Å²) in [6.45, 7) is 3.91. The second kappa shape index (κ2) is 10.5. The third kappa shape index (κ3) is 6.21. The minimum absolute atomic E-state index is 0.0377. The zero-order valence-electron chi connectivity index (χ0n) is 18.4. The standard InChI is InChI=1S/C21H28N4O6S2/c1-13(2)11-15(19(22)26)23-20(27)16-12-14(24-33(29,30)18-6-4-10-32-18)7-8-25(16)21(28)17-5-3-9-31-17/h3-6,9-10,13-16,24H,7-8,11-12H2,1-2H3,(H2,22,26)(H,23,27). The van der Waals surface area contributed by atoms with Gasteiger partial charge in [-0.05, 0) is 48.8 Å². The molecule has 1 fully saturated rings. The molecule has 0 saturated carbocycles. The van der Waals surface area contributed by atoms with Crippen LogP contribution in [0.3, 0.4) is 0 Å². The Morgan fingerprint density at radius 3 is 2.61 bits per heavy atom. The first-order valence-electron chi connectivity index (χ1n) is 10.6. The number of carbonyl (C=O) groups is 3. The summed E-state index contributed by atoms with van der Waals surface area (Å²) in [6.07, 6.45) is 2.05. The van der Waals surface area contributed by atoms with Crippen LogP contribution in [0.15, 0.2) is 44.5 Å². The first-order valence-corrected chi connectivity index (χ1v) is 12.9. The fourth-order valence-corrected chi connectivity index (χ4v) is 6.08. The van der Waals surface area contributed by atoms with Crippen molar-refractivity contribution in [3.05, 3.63) is 41.7 Å². The summed E-state index contributed by atoms with van der Waals surface area (Å²) in [6, 6.07) is 3.70. The summed E-state index contributed by atoms with van der Waals surface area (Å²) in [7, 11) is -3.76. The van der Waals surface area contributed by atoms with Crippen LogP contribution in [0.4, 0.5) is 0 Å². The van der Waals surface area contributed by atoms with Crippen LogP contribution >= 0.6 is 11.3 Å². The normalized spacial score (nSPS) is 19.9. The molecule has 2 aromatic rings. The molecule has 3 amide bonds. The molecule has 1 aliphatic heterocycles. The number of carbonyl (C=O) groups excluding carboxylic acids is 3. The molecule has 0 spiro atoms. The van der Waals surface area contributed by atoms with Crippen molar-refractivity contribution in [1.82, 2.24) is 14.9 Å². The lowest BCUT2D eigenvalue weighted by Crippen LogP contribution is -2.59. The predicted octanol–water partition coefficient (Wildman–Crippen LogP) is 1.31. The van der Waals surface area contributed by atoms with Gasteiger partial charge in [-0.3, -0.25) is 14.4 Å². The second-order valence-corrected chi connectivity index (χ2v) is 11.2. The summed E-state index contributed by atoms with van der Waals surface area (Å²) >= 11 is 1.09. The van der Waals surface area contributed by atoms with Crippen LogP contribution < -0.4 is 15.8 Å². The Kier molecular flexibility index (Phi) is 7.92. The molecule has 4 N–H and O–H groups in total. The molecular weight excluding hydrogens is 468 g/mol. The fraction of sp³-hybridized carbons (Fsp3) is 0.476. The molecule has 3 atom stereocenters. The third-order valence-electron chi connectivity index (χ3n) is 5.35. The smallest absolute Gasteiger partial charge is 0.290 e. The van der Waals surface area contributed by atoms with E-state index in [-0.39, 0.29) is 28.9 Å². The molecule has 3 rings (SSSR count). The van der Waals surface area contributed by atoms with Gasteiger partial charge in [0, 0.05) is 12.6 Å². The van der Waals surface area contributed by atoms with Gasteiger partial charge in [0.05, 0.1) is 6.26 Å². The summed E-state index contributed by atoms with van der Waals surface area (Å²) < 4.78 is 33.3. The molecule has 10 nitrogen and oxygen atoms in total. The van der Waals surface area contributed by atoms with Crippen molar-refractivity contribution in [2.45, 2.75) is 55.4 Å². The molecule has 3 heterocycles. The summed E-state index contributed by atoms with van der Waals surface area (Å²) in [5, 5.41) is 4.31. The maximum atomic E-state index is 13.2. The van der Waals surface area contributed by atoms with Gasteiger partial charge in [-0.25, -0.2) is 13.1 Å². The number of furan rings is 1. The number of nitrogens with one attached hydrogen (secondary N) is 2. The quantitative estimate of drug-likeness (QED) is 0.476. The van der Waals surface area contributed by atoms with E-state index in [9.17, 15) is 22.8 Å². The molecule has 2 aromatic heterocycles. The van der Waals surface area contributed by atoms with Crippen LogP contribution in [0.5, 0.6) is 0 Å². The number of sulfonamides is 1. The minimum Gasteiger partial charge on any atom is -0.459 e. The lowest BCUT2D eigenvalue weighted by atomic mass is 9.95. The van der Waals surface area contributed by atoms with Crippen LogP contribution in [0.1, 0.15) is 43.7 Å². The topological polar surface area (TPSA) is 152 Å². The van der Waals surface area contributed by atoms with Gasteiger partial charge in [-0.2, -0.15) is 0 Å². The highest BCUT2D eigenvalue weighted by molar-refractivity contribution is 7.91. The summed E-state index contributed by atoms with van der Waals surface area (Å²) in [4.78, 5) is 39.4. The van der Waals surface area contributed by atoms with Crippen LogP contribution in [-0.2, 0) is 19.6 Å². The van der Waals surface area contributed by atoms with Crippen molar-refractivity contribution in [3.8, 4) is 0 Å². The maximum absolute atomic E-state index is 13.2. The second-order valence-electron chi connectivity index (χ2n) is 8.36. The first-order chi connectivity index (χ1) is 15.6. The van der Waals surface area contributed by atoms with Crippen molar-refractivity contribution < 1.29 is 27.2 Å². The van der Waals surface area contributed by atoms with Gasteiger partial charge in [0.15, 0.2) is 5.76 Å². The van der Waals surface area contributed by atoms with Gasteiger partial charge < -0.3 is 20.4 Å². The van der Waals surface area contributed by atoms with Crippen LogP contribution in [0.2, 0.25) is 0 Å². The molecule has 180 valence electrons. The third-order valence-corrected chi connectivity index (χ3v) is 8.26. The number of likely N-dealkylation sites (tertiary alicyclic amines) is 1. The van der Waals surface area contributed by atoms with Crippen molar-refractivity contribution >= 4 is 39.1 Å². The number of hydrogen-bond donors (Lipinski definition) is 3. The number of nitrogens with zero attached hydrogens (tertiary/aromatic N) is 1. The Morgan fingerprint density at radius 1 is 1.27 bits per heavy atom. The lowest BCUT2D eigenvalue weighted by Gasteiger charge is -2.38. The Morgan fingerprint density at radius 2 is 2.03 bits per heavy atom. The van der Waals surface area contributed by atoms with Crippen LogP contribution in [0, 0.1) is 5.92 Å². The van der Waals surface area contributed by atoms with E-state index in [0.29, 0.717) is 12.8 Å². The van der Waals surface area contributed by atoms with Gasteiger partial charge in [0.2, 0.25) is 21.8 Å². The first kappa shape index (κ1) is 24.9. The minimum atomic E-state index is -3.76. The SMILES string of the molecule is CC(C)CC(NC(=O)C1CC(NS(=O)(=O)c2cccs2)CCN1C(=O)c1ccco1)C(N)=O. The molecule has 1 aliphatic rings. The zero-order chi connectivity index (χ0) is 24.2. The predicted molar refractivity (Wildman–Crippen MR) is 122 cm³/mol. The Hall–Kier alpha value is -2.70. The van der Waals surface area contributed by atoms with Crippen molar-refractivity contribution in [2.24, 2.45) is 11.7 Å². The van der Waals surface area contributed by atoms with E-state index in [4.69, 9.17) is 10.2 Å². The Bertz CT molecular complexity index is 1070. The molecule has 3 unspecified atom stereocenters. The van der Waals surface area contributed by atoms with E-state index in [1.165, 1.54) is 23.3 Å². The van der Waals surface area contributed by atoms with E-state index < -0.39 is 45.9 Å². The van der Waals surface area contributed by atoms with Crippen molar-refractivity contribution in [2.75, 3.05) is 6.54 Å². The van der Waals surface area contributed by atoms with E-state index >= 15 is 0 Å². The maximum Gasteiger partial charge on any atom is 0.290 e. The van der Waals surface area contributed by atoms with Crippen molar-refractivity contribution in [1.29, 1.82) is 0 Å². The van der Waals surface area contributed by atoms with Crippen LogP contribution in [0.25, 0.3) is 0 Å². The average molecular weight is 497 g/mol. The van der Waals surface area contributed by atoms with E-state index in [1.54, 1.807) is 17.5 Å². The largest absolute Gasteiger partial charge is 0.459 e. The zero-order valence-corrected chi connectivity index (χ0v) is 20.0. The lowest BCUT2D eigenvalue weighted by molar-refractivity contribution is -0.131. The number of piperidine rings is 1. The van der Waals surface area contributed by atoms with E-state index in [2.05, 4.69) is 10.0 Å². The molecule has 0 aliphatic carbocycles. The number of hydrogen-bond acceptors (Lipinski definition) is 7. The molecule has 0 aromatic carbocycles. The highest BCUT2D eigenvalue weighted by Crippen LogP contribution is 2.24.